The number of ether oxygens (including phenoxy) is 1. The molecule has 1 aromatic carbocycles. The quantitative estimate of drug-likeness (QED) is 0.712. The first-order valence-corrected chi connectivity index (χ1v) is 7.43. The molecule has 0 radical (unpaired) electrons. The van der Waals surface area contributed by atoms with Crippen LogP contribution in [0.2, 0.25) is 0 Å². The van der Waals surface area contributed by atoms with E-state index in [9.17, 15) is 0 Å². The summed E-state index contributed by atoms with van der Waals surface area (Å²) >= 11 is 0. The van der Waals surface area contributed by atoms with Crippen LogP contribution in [0, 0.1) is 5.41 Å². The topological polar surface area (TPSA) is 71.5 Å². The largest absolute Gasteiger partial charge is 0.493 e. The molecule has 0 fully saturated rings. The maximum absolute atomic E-state index is 7.85. The molecule has 20 heavy (non-hydrogen) atoms. The highest BCUT2D eigenvalue weighted by Gasteiger charge is 2.22. The molecule has 0 saturated carbocycles. The molecule has 1 aliphatic heterocycles. The molecule has 4 heteroatoms. The van der Waals surface area contributed by atoms with Crippen molar-refractivity contribution in [3.63, 3.8) is 0 Å². The summed E-state index contributed by atoms with van der Waals surface area (Å²) in [5.74, 6) is 1.34. The first-order chi connectivity index (χ1) is 9.74. The summed E-state index contributed by atoms with van der Waals surface area (Å²) in [4.78, 5) is 3.99. The Bertz CT molecular complexity index is 508. The molecule has 0 atom stereocenters. The molecule has 0 aromatic heterocycles. The van der Waals surface area contributed by atoms with Crippen LogP contribution in [-0.4, -0.2) is 18.3 Å². The summed E-state index contributed by atoms with van der Waals surface area (Å²) in [7, 11) is 0. The predicted molar refractivity (Wildman–Crippen MR) is 82.9 cm³/mol. The highest BCUT2D eigenvalue weighted by atomic mass is 16.5. The highest BCUT2D eigenvalue weighted by molar-refractivity contribution is 6.22. The van der Waals surface area contributed by atoms with Gasteiger partial charge in [-0.25, -0.2) is 4.99 Å². The van der Waals surface area contributed by atoms with Crippen LogP contribution in [-0.2, 0) is 0 Å². The lowest BCUT2D eigenvalue weighted by Crippen LogP contribution is -2.10. The molecule has 0 amide bonds. The number of rotatable bonds is 8. The fourth-order valence-electron chi connectivity index (χ4n) is 2.41. The molecule has 3 N–H and O–H groups in total. The van der Waals surface area contributed by atoms with Crippen molar-refractivity contribution in [1.29, 1.82) is 5.41 Å². The summed E-state index contributed by atoms with van der Waals surface area (Å²) in [5, 5.41) is 7.85. The van der Waals surface area contributed by atoms with Gasteiger partial charge >= 0.3 is 0 Å². The molecule has 1 aliphatic rings. The van der Waals surface area contributed by atoms with Gasteiger partial charge in [0.1, 0.15) is 11.6 Å². The normalized spacial score (nSPS) is 13.2. The third-order valence-corrected chi connectivity index (χ3v) is 3.53. The summed E-state index contributed by atoms with van der Waals surface area (Å²) in [5.41, 5.74) is 7.33. The van der Waals surface area contributed by atoms with Crippen molar-refractivity contribution in [3.05, 3.63) is 29.3 Å². The van der Waals surface area contributed by atoms with Crippen LogP contribution in [0.25, 0.3) is 0 Å². The van der Waals surface area contributed by atoms with Crippen molar-refractivity contribution in [3.8, 4) is 5.75 Å². The van der Waals surface area contributed by atoms with E-state index in [2.05, 4.69) is 11.9 Å². The third kappa shape index (κ3) is 3.38. The van der Waals surface area contributed by atoms with E-state index < -0.39 is 0 Å². The van der Waals surface area contributed by atoms with Gasteiger partial charge in [-0.1, -0.05) is 51.2 Å². The van der Waals surface area contributed by atoms with Gasteiger partial charge in [-0.2, -0.15) is 0 Å². The first kappa shape index (κ1) is 14.6. The summed E-state index contributed by atoms with van der Waals surface area (Å²) in [6, 6.07) is 5.67. The minimum absolute atomic E-state index is 0.205. The van der Waals surface area contributed by atoms with E-state index in [0.717, 1.165) is 23.3 Å². The second kappa shape index (κ2) is 7.08. The maximum Gasteiger partial charge on any atom is 0.158 e. The molecular formula is C16H23N3O. The zero-order chi connectivity index (χ0) is 14.4. The van der Waals surface area contributed by atoms with Crippen LogP contribution in [0.3, 0.4) is 0 Å². The maximum atomic E-state index is 7.85. The van der Waals surface area contributed by atoms with Crippen LogP contribution in [0.5, 0.6) is 5.75 Å². The number of fused-ring (bicyclic) bond motifs is 1. The fourth-order valence-corrected chi connectivity index (χ4v) is 2.41. The van der Waals surface area contributed by atoms with Crippen LogP contribution in [0.1, 0.15) is 56.6 Å². The van der Waals surface area contributed by atoms with Gasteiger partial charge in [-0.15, -0.1) is 0 Å². The van der Waals surface area contributed by atoms with E-state index in [1.165, 1.54) is 32.1 Å². The molecule has 4 nitrogen and oxygen atoms in total. The Labute approximate surface area is 120 Å². The predicted octanol–water partition coefficient (Wildman–Crippen LogP) is 3.47. The van der Waals surface area contributed by atoms with Crippen molar-refractivity contribution in [2.45, 2.75) is 45.4 Å². The smallest absolute Gasteiger partial charge is 0.158 e. The van der Waals surface area contributed by atoms with Crippen molar-refractivity contribution >= 4 is 11.7 Å². The van der Waals surface area contributed by atoms with Gasteiger partial charge < -0.3 is 10.5 Å². The summed E-state index contributed by atoms with van der Waals surface area (Å²) < 4.78 is 5.80. The molecule has 0 unspecified atom stereocenters. The molecule has 0 aliphatic carbocycles. The molecule has 108 valence electrons. The van der Waals surface area contributed by atoms with Crippen molar-refractivity contribution in [1.82, 2.24) is 0 Å². The Hall–Kier alpha value is -1.84. The van der Waals surface area contributed by atoms with Gasteiger partial charge in [0, 0.05) is 5.56 Å². The third-order valence-electron chi connectivity index (χ3n) is 3.53. The van der Waals surface area contributed by atoms with Crippen LogP contribution >= 0.6 is 0 Å². The number of hydrogen-bond acceptors (Lipinski definition) is 3. The van der Waals surface area contributed by atoms with E-state index in [-0.39, 0.29) is 5.84 Å². The SMILES string of the molecule is CCCCCCCCOc1cccc2c1C(=N)N=C2N. The van der Waals surface area contributed by atoms with E-state index in [1.54, 1.807) is 0 Å². The number of aliphatic imine (C=N–C) groups is 1. The van der Waals surface area contributed by atoms with Crippen LogP contribution < -0.4 is 10.5 Å². The molecule has 1 aromatic rings. The lowest BCUT2D eigenvalue weighted by molar-refractivity contribution is 0.304. The van der Waals surface area contributed by atoms with E-state index in [4.69, 9.17) is 15.9 Å². The second-order valence-electron chi connectivity index (χ2n) is 5.14. The van der Waals surface area contributed by atoms with Crippen molar-refractivity contribution in [2.24, 2.45) is 10.7 Å². The molecular weight excluding hydrogens is 250 g/mol. The number of amidine groups is 2. The number of nitrogens with two attached hydrogens (primary N) is 1. The first-order valence-electron chi connectivity index (χ1n) is 7.43. The van der Waals surface area contributed by atoms with Gasteiger partial charge in [0.15, 0.2) is 5.84 Å². The van der Waals surface area contributed by atoms with Gasteiger partial charge in [0.25, 0.3) is 0 Å². The average molecular weight is 273 g/mol. The Morgan fingerprint density at radius 1 is 1.15 bits per heavy atom. The van der Waals surface area contributed by atoms with E-state index in [0.29, 0.717) is 12.4 Å². The highest BCUT2D eigenvalue weighted by Crippen LogP contribution is 2.27. The molecule has 0 spiro atoms. The number of benzene rings is 1. The Kier molecular flexibility index (Phi) is 5.16. The minimum atomic E-state index is 0.205. The molecule has 1 heterocycles. The van der Waals surface area contributed by atoms with Crippen LogP contribution in [0.15, 0.2) is 23.2 Å². The van der Waals surface area contributed by atoms with Gasteiger partial charge in [0.05, 0.1) is 12.2 Å². The monoisotopic (exact) mass is 273 g/mol. The second-order valence-corrected chi connectivity index (χ2v) is 5.14. The summed E-state index contributed by atoms with van der Waals surface area (Å²) in [6.45, 7) is 2.91. The van der Waals surface area contributed by atoms with E-state index in [1.807, 2.05) is 18.2 Å². The Morgan fingerprint density at radius 3 is 2.70 bits per heavy atom. The minimum Gasteiger partial charge on any atom is -0.493 e. The lowest BCUT2D eigenvalue weighted by Gasteiger charge is -2.10. The number of unbranched alkanes of at least 4 members (excludes halogenated alkanes) is 5. The standard InChI is InChI=1S/C16H23N3O/c1-2-3-4-5-6-7-11-20-13-10-8-9-12-14(13)16(18)19-15(12)17/h8-10H,2-7,11H2,1H3,(H3,17,18,19). The zero-order valence-electron chi connectivity index (χ0n) is 12.1. The molecule has 0 bridgehead atoms. The zero-order valence-corrected chi connectivity index (χ0v) is 12.1. The van der Waals surface area contributed by atoms with Gasteiger partial charge in [0.2, 0.25) is 0 Å². The average Bonchev–Trinajstić information content (AvgIpc) is 2.74. The molecule has 0 saturated heterocycles. The van der Waals surface area contributed by atoms with E-state index >= 15 is 0 Å². The Morgan fingerprint density at radius 2 is 1.90 bits per heavy atom. The lowest BCUT2D eigenvalue weighted by atomic mass is 10.1. The number of nitrogens with one attached hydrogen (secondary N) is 1. The van der Waals surface area contributed by atoms with Crippen LogP contribution in [0.4, 0.5) is 0 Å². The van der Waals surface area contributed by atoms with Gasteiger partial charge in [-0.3, -0.25) is 5.41 Å². The fraction of sp³-hybridized carbons (Fsp3) is 0.500. The van der Waals surface area contributed by atoms with Crippen molar-refractivity contribution in [2.75, 3.05) is 6.61 Å². The van der Waals surface area contributed by atoms with Gasteiger partial charge in [-0.05, 0) is 12.5 Å². The number of hydrogen-bond donors (Lipinski definition) is 2. The molecule has 2 rings (SSSR count). The summed E-state index contributed by atoms with van der Waals surface area (Å²) in [6.07, 6.45) is 7.43. The van der Waals surface area contributed by atoms with Crippen molar-refractivity contribution < 1.29 is 4.74 Å². The Balaban J connectivity index is 1.82. The number of nitrogens with zero attached hydrogens (tertiary/aromatic N) is 1.